The zero-order valence-electron chi connectivity index (χ0n) is 13.3. The summed E-state index contributed by atoms with van der Waals surface area (Å²) >= 11 is 0. The summed E-state index contributed by atoms with van der Waals surface area (Å²) in [7, 11) is 4.76. The Kier molecular flexibility index (Phi) is 5.63. The highest BCUT2D eigenvalue weighted by Crippen LogP contribution is 2.25. The standard InChI is InChI=1S/C18H19NO4/c1-21-15-9-6-14(7-10-15)19-18(20)11-5-13-4-8-16(22-2)12-17(13)23-3/h4-12H,1-3H3,(H,19,20). The molecular formula is C18H19NO4. The lowest BCUT2D eigenvalue weighted by atomic mass is 10.1. The molecule has 0 saturated carbocycles. The largest absolute Gasteiger partial charge is 0.497 e. The van der Waals surface area contributed by atoms with Crippen molar-refractivity contribution in [3.05, 3.63) is 54.1 Å². The molecule has 23 heavy (non-hydrogen) atoms. The van der Waals surface area contributed by atoms with Crippen LogP contribution >= 0.6 is 0 Å². The van der Waals surface area contributed by atoms with E-state index < -0.39 is 0 Å². The third-order valence-corrected chi connectivity index (χ3v) is 3.21. The molecule has 0 aliphatic heterocycles. The van der Waals surface area contributed by atoms with E-state index in [2.05, 4.69) is 5.32 Å². The molecule has 0 spiro atoms. The van der Waals surface area contributed by atoms with Crippen molar-refractivity contribution in [1.29, 1.82) is 0 Å². The molecule has 0 aliphatic carbocycles. The highest BCUT2D eigenvalue weighted by Gasteiger charge is 2.03. The van der Waals surface area contributed by atoms with Crippen LogP contribution in [0.15, 0.2) is 48.5 Å². The quantitative estimate of drug-likeness (QED) is 0.831. The van der Waals surface area contributed by atoms with E-state index >= 15 is 0 Å². The van der Waals surface area contributed by atoms with Crippen LogP contribution in [0.2, 0.25) is 0 Å². The van der Waals surface area contributed by atoms with E-state index in [1.165, 1.54) is 6.08 Å². The molecule has 5 heteroatoms. The molecule has 1 amide bonds. The van der Waals surface area contributed by atoms with E-state index in [0.29, 0.717) is 17.2 Å². The lowest BCUT2D eigenvalue weighted by molar-refractivity contribution is -0.111. The van der Waals surface area contributed by atoms with Gasteiger partial charge in [0.25, 0.3) is 0 Å². The van der Waals surface area contributed by atoms with Gasteiger partial charge < -0.3 is 19.5 Å². The average molecular weight is 313 g/mol. The van der Waals surface area contributed by atoms with Gasteiger partial charge in [-0.1, -0.05) is 0 Å². The Morgan fingerprint density at radius 3 is 2.17 bits per heavy atom. The number of carbonyl (C=O) groups is 1. The molecule has 0 fully saturated rings. The molecule has 0 radical (unpaired) electrons. The van der Waals surface area contributed by atoms with Gasteiger partial charge in [0.1, 0.15) is 17.2 Å². The van der Waals surface area contributed by atoms with E-state index in [1.54, 1.807) is 57.7 Å². The molecule has 1 N–H and O–H groups in total. The molecule has 0 unspecified atom stereocenters. The van der Waals surface area contributed by atoms with Crippen molar-refractivity contribution in [2.24, 2.45) is 0 Å². The van der Waals surface area contributed by atoms with Crippen molar-refractivity contribution >= 4 is 17.7 Å². The van der Waals surface area contributed by atoms with Crippen LogP contribution in [-0.4, -0.2) is 27.2 Å². The first-order valence-electron chi connectivity index (χ1n) is 7.01. The van der Waals surface area contributed by atoms with Crippen LogP contribution in [0.3, 0.4) is 0 Å². The maximum absolute atomic E-state index is 12.0. The lowest BCUT2D eigenvalue weighted by Gasteiger charge is -2.07. The summed E-state index contributed by atoms with van der Waals surface area (Å²) in [6, 6.07) is 12.5. The fourth-order valence-electron chi connectivity index (χ4n) is 1.98. The number of amides is 1. The maximum atomic E-state index is 12.0. The second kappa shape index (κ2) is 7.89. The summed E-state index contributed by atoms with van der Waals surface area (Å²) < 4.78 is 15.5. The smallest absolute Gasteiger partial charge is 0.248 e. The number of nitrogens with one attached hydrogen (secondary N) is 1. The van der Waals surface area contributed by atoms with Crippen molar-refractivity contribution in [3.8, 4) is 17.2 Å². The zero-order valence-corrected chi connectivity index (χ0v) is 13.3. The number of hydrogen-bond acceptors (Lipinski definition) is 4. The molecule has 2 rings (SSSR count). The second-order valence-electron chi connectivity index (χ2n) is 4.66. The van der Waals surface area contributed by atoms with Gasteiger partial charge in [0.2, 0.25) is 5.91 Å². The SMILES string of the molecule is COc1ccc(NC(=O)C=Cc2ccc(OC)cc2OC)cc1. The third-order valence-electron chi connectivity index (χ3n) is 3.21. The summed E-state index contributed by atoms with van der Waals surface area (Å²) in [4.78, 5) is 12.0. The molecular weight excluding hydrogens is 294 g/mol. The molecule has 0 saturated heterocycles. The number of anilines is 1. The molecule has 0 bridgehead atoms. The second-order valence-corrected chi connectivity index (χ2v) is 4.66. The maximum Gasteiger partial charge on any atom is 0.248 e. The van der Waals surface area contributed by atoms with Crippen molar-refractivity contribution in [3.63, 3.8) is 0 Å². The fraction of sp³-hybridized carbons (Fsp3) is 0.167. The van der Waals surface area contributed by atoms with Gasteiger partial charge in [-0.3, -0.25) is 4.79 Å². The highest BCUT2D eigenvalue weighted by atomic mass is 16.5. The Morgan fingerprint density at radius 1 is 0.913 bits per heavy atom. The monoisotopic (exact) mass is 313 g/mol. The van der Waals surface area contributed by atoms with Gasteiger partial charge in [0, 0.05) is 23.4 Å². The Morgan fingerprint density at radius 2 is 1.57 bits per heavy atom. The number of methoxy groups -OCH3 is 3. The van der Waals surface area contributed by atoms with Crippen molar-refractivity contribution < 1.29 is 19.0 Å². The zero-order chi connectivity index (χ0) is 16.7. The van der Waals surface area contributed by atoms with Crippen LogP contribution in [-0.2, 0) is 4.79 Å². The van der Waals surface area contributed by atoms with E-state index in [0.717, 1.165) is 11.3 Å². The van der Waals surface area contributed by atoms with Gasteiger partial charge in [-0.2, -0.15) is 0 Å². The van der Waals surface area contributed by atoms with E-state index in [-0.39, 0.29) is 5.91 Å². The molecule has 0 heterocycles. The summed E-state index contributed by atoms with van der Waals surface area (Å²) in [5, 5.41) is 2.78. The fourth-order valence-corrected chi connectivity index (χ4v) is 1.98. The van der Waals surface area contributed by atoms with Gasteiger partial charge in [-0.25, -0.2) is 0 Å². The van der Waals surface area contributed by atoms with Crippen molar-refractivity contribution in [2.45, 2.75) is 0 Å². The Labute approximate surface area is 135 Å². The minimum absolute atomic E-state index is 0.229. The summed E-state index contributed by atoms with van der Waals surface area (Å²) in [5.41, 5.74) is 1.49. The minimum atomic E-state index is -0.229. The molecule has 5 nitrogen and oxygen atoms in total. The molecule has 2 aromatic carbocycles. The number of ether oxygens (including phenoxy) is 3. The molecule has 0 aliphatic rings. The van der Waals surface area contributed by atoms with Crippen LogP contribution in [0.1, 0.15) is 5.56 Å². The Balaban J connectivity index is 2.05. The molecule has 2 aromatic rings. The topological polar surface area (TPSA) is 56.8 Å². The average Bonchev–Trinajstić information content (AvgIpc) is 2.60. The van der Waals surface area contributed by atoms with Crippen LogP contribution in [0, 0.1) is 0 Å². The summed E-state index contributed by atoms with van der Waals surface area (Å²) in [6.07, 6.45) is 3.14. The van der Waals surface area contributed by atoms with E-state index in [1.807, 2.05) is 12.1 Å². The predicted molar refractivity (Wildman–Crippen MR) is 90.2 cm³/mol. The number of benzene rings is 2. The molecule has 120 valence electrons. The van der Waals surface area contributed by atoms with Crippen LogP contribution in [0.4, 0.5) is 5.69 Å². The van der Waals surface area contributed by atoms with Gasteiger partial charge in [0.05, 0.1) is 21.3 Å². The normalized spacial score (nSPS) is 10.4. The first-order valence-corrected chi connectivity index (χ1v) is 7.01. The predicted octanol–water partition coefficient (Wildman–Crippen LogP) is 3.36. The lowest BCUT2D eigenvalue weighted by Crippen LogP contribution is -2.07. The van der Waals surface area contributed by atoms with Gasteiger partial charge in [0.15, 0.2) is 0 Å². The van der Waals surface area contributed by atoms with E-state index in [9.17, 15) is 4.79 Å². The highest BCUT2D eigenvalue weighted by molar-refractivity contribution is 6.02. The van der Waals surface area contributed by atoms with Crippen LogP contribution in [0.5, 0.6) is 17.2 Å². The third kappa shape index (κ3) is 4.51. The Hall–Kier alpha value is -2.95. The summed E-state index contributed by atoms with van der Waals surface area (Å²) in [6.45, 7) is 0. The number of carbonyl (C=O) groups excluding carboxylic acids is 1. The van der Waals surface area contributed by atoms with Crippen LogP contribution < -0.4 is 19.5 Å². The van der Waals surface area contributed by atoms with Crippen molar-refractivity contribution in [1.82, 2.24) is 0 Å². The number of rotatable bonds is 6. The number of hydrogen-bond donors (Lipinski definition) is 1. The van der Waals surface area contributed by atoms with Gasteiger partial charge in [-0.05, 0) is 42.5 Å². The first-order chi connectivity index (χ1) is 11.2. The molecule has 0 aromatic heterocycles. The summed E-state index contributed by atoms with van der Waals surface area (Å²) in [5.74, 6) is 1.84. The van der Waals surface area contributed by atoms with Gasteiger partial charge >= 0.3 is 0 Å². The minimum Gasteiger partial charge on any atom is -0.497 e. The first kappa shape index (κ1) is 16.4. The van der Waals surface area contributed by atoms with Crippen LogP contribution in [0.25, 0.3) is 6.08 Å². The molecule has 0 atom stereocenters. The van der Waals surface area contributed by atoms with Gasteiger partial charge in [-0.15, -0.1) is 0 Å². The van der Waals surface area contributed by atoms with E-state index in [4.69, 9.17) is 14.2 Å². The Bertz CT molecular complexity index is 693. The van der Waals surface area contributed by atoms with Crippen molar-refractivity contribution in [2.75, 3.05) is 26.6 Å².